The molecule has 2 aliphatic heterocycles. The largest absolute Gasteiger partial charge is 0.493 e. The molecule has 0 N–H and O–H groups in total. The van der Waals surface area contributed by atoms with Crippen LogP contribution in [-0.4, -0.2) is 36.9 Å². The highest BCUT2D eigenvalue weighted by Gasteiger charge is 2.25. The van der Waals surface area contributed by atoms with Crippen molar-refractivity contribution in [1.29, 1.82) is 0 Å². The normalized spacial score (nSPS) is 24.4. The van der Waals surface area contributed by atoms with Crippen LogP contribution in [0.4, 0.5) is 0 Å². The lowest BCUT2D eigenvalue weighted by atomic mass is 9.92. The Labute approximate surface area is 108 Å². The van der Waals surface area contributed by atoms with Gasteiger partial charge in [0, 0.05) is 38.4 Å². The van der Waals surface area contributed by atoms with Gasteiger partial charge in [-0.15, -0.1) is 0 Å². The molecule has 3 nitrogen and oxygen atoms in total. The third kappa shape index (κ3) is 2.41. The summed E-state index contributed by atoms with van der Waals surface area (Å²) >= 11 is 0. The van der Waals surface area contributed by atoms with Crippen LogP contribution in [0.15, 0.2) is 24.3 Å². The maximum Gasteiger partial charge on any atom is 0.135 e. The lowest BCUT2D eigenvalue weighted by Crippen LogP contribution is -2.37. The highest BCUT2D eigenvalue weighted by Crippen LogP contribution is 2.34. The summed E-state index contributed by atoms with van der Waals surface area (Å²) in [5, 5.41) is 0. The third-order valence-electron chi connectivity index (χ3n) is 3.98. The van der Waals surface area contributed by atoms with Crippen molar-refractivity contribution in [3.8, 4) is 5.75 Å². The van der Waals surface area contributed by atoms with Crippen molar-refractivity contribution in [2.24, 2.45) is 0 Å². The summed E-state index contributed by atoms with van der Waals surface area (Å²) in [5.74, 6) is 2.02. The predicted octanol–water partition coefficient (Wildman–Crippen LogP) is 2.22. The first-order valence-corrected chi connectivity index (χ1v) is 6.79. The van der Waals surface area contributed by atoms with Gasteiger partial charge >= 0.3 is 0 Å². The second-order valence-corrected chi connectivity index (χ2v) is 5.21. The molecule has 2 heterocycles. The average Bonchev–Trinajstić information content (AvgIpc) is 2.42. The van der Waals surface area contributed by atoms with Gasteiger partial charge in [-0.2, -0.15) is 0 Å². The Morgan fingerprint density at radius 3 is 2.83 bits per heavy atom. The van der Waals surface area contributed by atoms with Crippen molar-refractivity contribution < 1.29 is 9.53 Å². The molecule has 1 atom stereocenters. The highest BCUT2D eigenvalue weighted by atomic mass is 16.5. The number of fused-ring (bicyclic) bond motifs is 1. The Bertz CT molecular complexity index is 434. The standard InChI is InChI=1S/C15H19NO2/c17-13-5-8-16(9-6-13)11-12-7-10-18-15-4-2-1-3-14(12)15/h1-4,12H,5-11H2. The first-order valence-electron chi connectivity index (χ1n) is 6.79. The molecule has 0 bridgehead atoms. The smallest absolute Gasteiger partial charge is 0.135 e. The Hall–Kier alpha value is -1.35. The zero-order valence-electron chi connectivity index (χ0n) is 10.6. The highest BCUT2D eigenvalue weighted by molar-refractivity contribution is 5.79. The summed E-state index contributed by atoms with van der Waals surface area (Å²) in [5.41, 5.74) is 1.33. The van der Waals surface area contributed by atoms with Gasteiger partial charge in [0.1, 0.15) is 11.5 Å². The van der Waals surface area contributed by atoms with E-state index in [2.05, 4.69) is 23.1 Å². The molecule has 0 aromatic heterocycles. The molecule has 0 spiro atoms. The Morgan fingerprint density at radius 1 is 1.22 bits per heavy atom. The fourth-order valence-corrected chi connectivity index (χ4v) is 2.90. The van der Waals surface area contributed by atoms with E-state index in [0.29, 0.717) is 11.7 Å². The van der Waals surface area contributed by atoms with Crippen molar-refractivity contribution in [3.05, 3.63) is 29.8 Å². The fraction of sp³-hybridized carbons (Fsp3) is 0.533. The topological polar surface area (TPSA) is 29.5 Å². The van der Waals surface area contributed by atoms with E-state index < -0.39 is 0 Å². The summed E-state index contributed by atoms with van der Waals surface area (Å²) < 4.78 is 5.69. The van der Waals surface area contributed by atoms with E-state index >= 15 is 0 Å². The van der Waals surface area contributed by atoms with E-state index in [0.717, 1.165) is 51.3 Å². The summed E-state index contributed by atoms with van der Waals surface area (Å²) in [7, 11) is 0. The maximum atomic E-state index is 11.3. The number of hydrogen-bond acceptors (Lipinski definition) is 3. The van der Waals surface area contributed by atoms with Crippen molar-refractivity contribution in [3.63, 3.8) is 0 Å². The maximum absolute atomic E-state index is 11.3. The molecular weight excluding hydrogens is 226 g/mol. The van der Waals surface area contributed by atoms with Crippen LogP contribution >= 0.6 is 0 Å². The lowest BCUT2D eigenvalue weighted by Gasteiger charge is -2.33. The fourth-order valence-electron chi connectivity index (χ4n) is 2.90. The number of nitrogens with zero attached hydrogens (tertiary/aromatic N) is 1. The van der Waals surface area contributed by atoms with Gasteiger partial charge in [-0.1, -0.05) is 18.2 Å². The number of ether oxygens (including phenoxy) is 1. The number of likely N-dealkylation sites (tertiary alicyclic amines) is 1. The Kier molecular flexibility index (Phi) is 3.33. The molecule has 0 amide bonds. The van der Waals surface area contributed by atoms with Crippen LogP contribution in [-0.2, 0) is 4.79 Å². The number of para-hydroxylation sites is 1. The van der Waals surface area contributed by atoms with Crippen LogP contribution in [0.1, 0.15) is 30.7 Å². The molecule has 1 saturated heterocycles. The zero-order chi connectivity index (χ0) is 12.4. The van der Waals surface area contributed by atoms with Crippen LogP contribution < -0.4 is 4.74 Å². The number of rotatable bonds is 2. The number of hydrogen-bond donors (Lipinski definition) is 0. The molecule has 0 radical (unpaired) electrons. The SMILES string of the molecule is O=C1CCN(CC2CCOc3ccccc32)CC1. The van der Waals surface area contributed by atoms with Crippen molar-refractivity contribution in [2.45, 2.75) is 25.2 Å². The van der Waals surface area contributed by atoms with Crippen LogP contribution in [0.5, 0.6) is 5.75 Å². The van der Waals surface area contributed by atoms with Gasteiger partial charge in [0.05, 0.1) is 6.61 Å². The molecule has 3 heteroatoms. The third-order valence-corrected chi connectivity index (χ3v) is 3.98. The van der Waals surface area contributed by atoms with Crippen molar-refractivity contribution in [1.82, 2.24) is 4.90 Å². The molecule has 1 fully saturated rings. The minimum absolute atomic E-state index is 0.415. The molecule has 3 rings (SSSR count). The van der Waals surface area contributed by atoms with E-state index in [-0.39, 0.29) is 0 Å². The monoisotopic (exact) mass is 245 g/mol. The second kappa shape index (κ2) is 5.11. The predicted molar refractivity (Wildman–Crippen MR) is 70.0 cm³/mol. The summed E-state index contributed by atoms with van der Waals surface area (Å²) in [6.07, 6.45) is 2.54. The van der Waals surface area contributed by atoms with Gasteiger partial charge in [0.25, 0.3) is 0 Å². The lowest BCUT2D eigenvalue weighted by molar-refractivity contribution is -0.121. The molecule has 1 aromatic rings. The Balaban J connectivity index is 1.69. The minimum atomic E-state index is 0.415. The number of benzene rings is 1. The molecule has 0 aliphatic carbocycles. The number of Topliss-reactive ketones (excluding diaryl/α,β-unsaturated/α-hetero) is 1. The first-order chi connectivity index (χ1) is 8.83. The first kappa shape index (κ1) is 11.7. The summed E-state index contributed by atoms with van der Waals surface area (Å²) in [4.78, 5) is 13.7. The van der Waals surface area contributed by atoms with E-state index in [1.165, 1.54) is 5.56 Å². The van der Waals surface area contributed by atoms with Crippen LogP contribution in [0, 0.1) is 0 Å². The van der Waals surface area contributed by atoms with Crippen molar-refractivity contribution in [2.75, 3.05) is 26.2 Å². The van der Waals surface area contributed by atoms with E-state index in [1.807, 2.05) is 6.07 Å². The average molecular weight is 245 g/mol. The molecule has 96 valence electrons. The van der Waals surface area contributed by atoms with E-state index in [4.69, 9.17) is 4.74 Å². The second-order valence-electron chi connectivity index (χ2n) is 5.21. The van der Waals surface area contributed by atoms with Crippen molar-refractivity contribution >= 4 is 5.78 Å². The number of carbonyl (C=O) groups excluding carboxylic acids is 1. The van der Waals surface area contributed by atoms with Gasteiger partial charge in [-0.05, 0) is 18.1 Å². The Morgan fingerprint density at radius 2 is 2.00 bits per heavy atom. The number of carbonyl (C=O) groups is 1. The quantitative estimate of drug-likeness (QED) is 0.800. The molecule has 18 heavy (non-hydrogen) atoms. The van der Waals surface area contributed by atoms with Gasteiger partial charge in [-0.3, -0.25) is 4.79 Å². The zero-order valence-corrected chi connectivity index (χ0v) is 10.6. The number of piperidine rings is 1. The van der Waals surface area contributed by atoms with Gasteiger partial charge in [0.15, 0.2) is 0 Å². The van der Waals surface area contributed by atoms with E-state index in [1.54, 1.807) is 0 Å². The molecule has 0 saturated carbocycles. The minimum Gasteiger partial charge on any atom is -0.493 e. The van der Waals surface area contributed by atoms with Crippen LogP contribution in [0.2, 0.25) is 0 Å². The molecule has 1 unspecified atom stereocenters. The molecule has 2 aliphatic rings. The van der Waals surface area contributed by atoms with Crippen LogP contribution in [0.25, 0.3) is 0 Å². The number of ketones is 1. The molecule has 1 aromatic carbocycles. The summed E-state index contributed by atoms with van der Waals surface area (Å²) in [6, 6.07) is 8.34. The van der Waals surface area contributed by atoms with Gasteiger partial charge < -0.3 is 9.64 Å². The molecular formula is C15H19NO2. The van der Waals surface area contributed by atoms with Gasteiger partial charge in [0.2, 0.25) is 0 Å². The van der Waals surface area contributed by atoms with Crippen LogP contribution in [0.3, 0.4) is 0 Å². The summed E-state index contributed by atoms with van der Waals surface area (Å²) in [6.45, 7) is 3.73. The van der Waals surface area contributed by atoms with Gasteiger partial charge in [-0.25, -0.2) is 0 Å². The van der Waals surface area contributed by atoms with E-state index in [9.17, 15) is 4.79 Å².